The van der Waals surface area contributed by atoms with Gasteiger partial charge in [0.1, 0.15) is 5.82 Å². The first-order valence-corrected chi connectivity index (χ1v) is 9.61. The van der Waals surface area contributed by atoms with Crippen LogP contribution in [0.5, 0.6) is 0 Å². The summed E-state index contributed by atoms with van der Waals surface area (Å²) in [4.78, 5) is 17.0. The van der Waals surface area contributed by atoms with Crippen molar-refractivity contribution in [1.82, 2.24) is 10.3 Å². The summed E-state index contributed by atoms with van der Waals surface area (Å²) in [6.07, 6.45) is 1.65. The summed E-state index contributed by atoms with van der Waals surface area (Å²) in [6.45, 7) is 11.5. The monoisotopic (exact) mass is 386 g/mol. The number of nitrogens with two attached hydrogens (primary N) is 1. The average molecular weight is 387 g/mol. The van der Waals surface area contributed by atoms with Crippen LogP contribution in [0.25, 0.3) is 0 Å². The molecule has 0 radical (unpaired) electrons. The van der Waals surface area contributed by atoms with Crippen LogP contribution >= 0.6 is 0 Å². The van der Waals surface area contributed by atoms with Gasteiger partial charge in [-0.15, -0.1) is 0 Å². The Morgan fingerprint density at radius 3 is 2.43 bits per heavy atom. The van der Waals surface area contributed by atoms with Gasteiger partial charge in [-0.1, -0.05) is 27.7 Å². The number of nitrogen functional groups attached to an aromatic ring is 1. The molecule has 2 heterocycles. The third-order valence-corrected chi connectivity index (χ3v) is 3.99. The van der Waals surface area contributed by atoms with E-state index in [1.165, 1.54) is 18.2 Å². The molecule has 8 nitrogen and oxygen atoms in total. The second-order valence-corrected chi connectivity index (χ2v) is 5.54. The van der Waals surface area contributed by atoms with E-state index < -0.39 is 4.92 Å². The number of nitro benzene ring substituents is 1. The Morgan fingerprint density at radius 2 is 1.82 bits per heavy atom. The SMILES string of the molecule is CC.CC.N=C(c1ccnc(N2CCNCC2)c1)c1cc([N+](=O)[O-])ccc1N. The minimum Gasteiger partial charge on any atom is -0.398 e. The van der Waals surface area contributed by atoms with Gasteiger partial charge in [-0.25, -0.2) is 4.98 Å². The number of aromatic nitrogens is 1. The second kappa shape index (κ2) is 11.7. The molecular weight excluding hydrogens is 356 g/mol. The molecule has 1 aliphatic heterocycles. The lowest BCUT2D eigenvalue weighted by Gasteiger charge is -2.28. The summed E-state index contributed by atoms with van der Waals surface area (Å²) < 4.78 is 0. The Kier molecular flexibility index (Phi) is 9.59. The minimum atomic E-state index is -0.491. The summed E-state index contributed by atoms with van der Waals surface area (Å²) >= 11 is 0. The van der Waals surface area contributed by atoms with Gasteiger partial charge in [0.25, 0.3) is 5.69 Å². The maximum Gasteiger partial charge on any atom is 0.270 e. The van der Waals surface area contributed by atoms with Gasteiger partial charge in [0, 0.05) is 61.3 Å². The summed E-state index contributed by atoms with van der Waals surface area (Å²) in [7, 11) is 0. The number of nitrogens with one attached hydrogen (secondary N) is 2. The molecule has 1 aromatic carbocycles. The van der Waals surface area contributed by atoms with Crippen LogP contribution in [-0.4, -0.2) is 41.8 Å². The van der Waals surface area contributed by atoms with Gasteiger partial charge in [-0.05, 0) is 18.2 Å². The molecule has 1 saturated heterocycles. The average Bonchev–Trinajstić information content (AvgIpc) is 2.77. The van der Waals surface area contributed by atoms with Crippen LogP contribution in [0.1, 0.15) is 38.8 Å². The largest absolute Gasteiger partial charge is 0.398 e. The molecule has 1 aromatic heterocycles. The summed E-state index contributed by atoms with van der Waals surface area (Å²) in [5.74, 6) is 0.794. The van der Waals surface area contributed by atoms with Crippen molar-refractivity contribution in [3.8, 4) is 0 Å². The van der Waals surface area contributed by atoms with Gasteiger partial charge < -0.3 is 16.0 Å². The van der Waals surface area contributed by atoms with Gasteiger partial charge in [0.05, 0.1) is 10.6 Å². The van der Waals surface area contributed by atoms with Gasteiger partial charge in [0.2, 0.25) is 0 Å². The highest BCUT2D eigenvalue weighted by molar-refractivity contribution is 6.14. The zero-order chi connectivity index (χ0) is 21.1. The van der Waals surface area contributed by atoms with Crippen molar-refractivity contribution in [3.63, 3.8) is 0 Å². The molecule has 0 spiro atoms. The van der Waals surface area contributed by atoms with E-state index in [-0.39, 0.29) is 11.4 Å². The first kappa shape index (κ1) is 23.0. The molecule has 152 valence electrons. The normalized spacial score (nSPS) is 12.8. The van der Waals surface area contributed by atoms with E-state index in [4.69, 9.17) is 11.1 Å². The molecular formula is C20H30N6O2. The van der Waals surface area contributed by atoms with Gasteiger partial charge in [-0.3, -0.25) is 15.5 Å². The lowest BCUT2D eigenvalue weighted by Crippen LogP contribution is -2.43. The van der Waals surface area contributed by atoms with E-state index >= 15 is 0 Å². The van der Waals surface area contributed by atoms with Crippen LogP contribution in [0.15, 0.2) is 36.5 Å². The highest BCUT2D eigenvalue weighted by Crippen LogP contribution is 2.23. The number of rotatable bonds is 4. The van der Waals surface area contributed by atoms with Gasteiger partial charge in [-0.2, -0.15) is 0 Å². The topological polar surface area (TPSA) is 121 Å². The first-order chi connectivity index (χ1) is 13.6. The molecule has 1 fully saturated rings. The summed E-state index contributed by atoms with van der Waals surface area (Å²) in [5.41, 5.74) is 7.29. The molecule has 8 heteroatoms. The molecule has 0 amide bonds. The first-order valence-electron chi connectivity index (χ1n) is 9.61. The summed E-state index contributed by atoms with van der Waals surface area (Å²) in [6, 6.07) is 7.67. The van der Waals surface area contributed by atoms with Crippen molar-refractivity contribution in [3.05, 3.63) is 57.8 Å². The zero-order valence-corrected chi connectivity index (χ0v) is 17.0. The Balaban J connectivity index is 0.000000921. The molecule has 0 saturated carbocycles. The van der Waals surface area contributed by atoms with Crippen LogP contribution < -0.4 is 16.0 Å². The number of benzene rings is 1. The van der Waals surface area contributed by atoms with Gasteiger partial charge in [0.15, 0.2) is 0 Å². The number of nitro groups is 1. The standard InChI is InChI=1S/C16H18N6O2.2C2H6/c17-14-2-1-12(22(23)24)10-13(14)16(18)11-3-4-20-15(9-11)21-7-5-19-6-8-21;2*1-2/h1-4,9-10,18-19H,5-8,17H2;2*1-2H3. The van der Waals surface area contributed by atoms with Crippen molar-refractivity contribution in [2.75, 3.05) is 36.8 Å². The number of hydrogen-bond acceptors (Lipinski definition) is 7. The lowest BCUT2D eigenvalue weighted by molar-refractivity contribution is -0.384. The third-order valence-electron chi connectivity index (χ3n) is 3.99. The Labute approximate surface area is 166 Å². The van der Waals surface area contributed by atoms with E-state index in [0.717, 1.165) is 32.0 Å². The van der Waals surface area contributed by atoms with Crippen molar-refractivity contribution in [2.24, 2.45) is 0 Å². The third kappa shape index (κ3) is 5.75. The van der Waals surface area contributed by atoms with Crippen LogP contribution in [-0.2, 0) is 0 Å². The minimum absolute atomic E-state index is 0.0830. The predicted octanol–water partition coefficient (Wildman–Crippen LogP) is 3.45. The fourth-order valence-electron chi connectivity index (χ4n) is 2.67. The fourth-order valence-corrected chi connectivity index (χ4v) is 2.67. The lowest BCUT2D eigenvalue weighted by atomic mass is 10.0. The molecule has 0 unspecified atom stereocenters. The molecule has 0 bridgehead atoms. The van der Waals surface area contributed by atoms with Crippen molar-refractivity contribution in [2.45, 2.75) is 27.7 Å². The number of hydrogen-bond donors (Lipinski definition) is 3. The van der Waals surface area contributed by atoms with Crippen molar-refractivity contribution < 1.29 is 4.92 Å². The van der Waals surface area contributed by atoms with Crippen LogP contribution in [0, 0.1) is 15.5 Å². The van der Waals surface area contributed by atoms with Crippen LogP contribution in [0.2, 0.25) is 0 Å². The molecule has 28 heavy (non-hydrogen) atoms. The van der Waals surface area contributed by atoms with E-state index in [9.17, 15) is 10.1 Å². The molecule has 0 aliphatic carbocycles. The molecule has 3 rings (SSSR count). The number of piperazine rings is 1. The van der Waals surface area contributed by atoms with E-state index in [2.05, 4.69) is 15.2 Å². The Bertz CT molecular complexity index is 788. The number of non-ortho nitro benzene ring substituents is 1. The maximum atomic E-state index is 11.0. The predicted molar refractivity (Wildman–Crippen MR) is 115 cm³/mol. The maximum absolute atomic E-state index is 11.0. The highest BCUT2D eigenvalue weighted by atomic mass is 16.6. The molecule has 1 aliphatic rings. The quantitative estimate of drug-likeness (QED) is 0.320. The number of anilines is 2. The molecule has 0 atom stereocenters. The van der Waals surface area contributed by atoms with Gasteiger partial charge >= 0.3 is 0 Å². The van der Waals surface area contributed by atoms with Crippen LogP contribution in [0.4, 0.5) is 17.2 Å². The van der Waals surface area contributed by atoms with E-state index in [1.54, 1.807) is 12.3 Å². The molecule has 2 aromatic rings. The van der Waals surface area contributed by atoms with E-state index in [0.29, 0.717) is 16.8 Å². The van der Waals surface area contributed by atoms with Crippen molar-refractivity contribution >= 4 is 22.9 Å². The van der Waals surface area contributed by atoms with E-state index in [1.807, 2.05) is 33.8 Å². The smallest absolute Gasteiger partial charge is 0.270 e. The second-order valence-electron chi connectivity index (χ2n) is 5.54. The number of pyridine rings is 1. The zero-order valence-electron chi connectivity index (χ0n) is 17.0. The Morgan fingerprint density at radius 1 is 1.18 bits per heavy atom. The summed E-state index contributed by atoms with van der Waals surface area (Å²) in [5, 5.41) is 22.6. The Hall–Kier alpha value is -3.00. The number of nitrogens with zero attached hydrogens (tertiary/aromatic N) is 3. The van der Waals surface area contributed by atoms with Crippen LogP contribution in [0.3, 0.4) is 0 Å². The fraction of sp³-hybridized carbons (Fsp3) is 0.400. The molecule has 4 N–H and O–H groups in total. The highest BCUT2D eigenvalue weighted by Gasteiger charge is 2.17. The van der Waals surface area contributed by atoms with Crippen molar-refractivity contribution in [1.29, 1.82) is 5.41 Å².